The van der Waals surface area contributed by atoms with Crippen molar-refractivity contribution in [2.24, 2.45) is 10.9 Å². The van der Waals surface area contributed by atoms with Crippen molar-refractivity contribution in [3.05, 3.63) is 35.1 Å². The third-order valence-corrected chi connectivity index (χ3v) is 2.51. The lowest BCUT2D eigenvalue weighted by molar-refractivity contribution is -0.120. The van der Waals surface area contributed by atoms with Gasteiger partial charge in [0.05, 0.1) is 6.54 Å². The predicted molar refractivity (Wildman–Crippen MR) is 73.9 cm³/mol. The molecular formula is C13H19FN4O2. The van der Waals surface area contributed by atoms with Crippen molar-refractivity contribution in [3.8, 4) is 0 Å². The minimum absolute atomic E-state index is 0.0721. The van der Waals surface area contributed by atoms with Gasteiger partial charge in [0.2, 0.25) is 5.91 Å². The third-order valence-electron chi connectivity index (χ3n) is 2.51. The van der Waals surface area contributed by atoms with E-state index in [4.69, 9.17) is 10.9 Å². The lowest BCUT2D eigenvalue weighted by atomic mass is 10.1. The molecule has 0 atom stereocenters. The van der Waals surface area contributed by atoms with Gasteiger partial charge in [0.25, 0.3) is 0 Å². The first-order valence-corrected chi connectivity index (χ1v) is 6.20. The van der Waals surface area contributed by atoms with E-state index < -0.39 is 5.82 Å². The molecule has 0 aromatic heterocycles. The van der Waals surface area contributed by atoms with Crippen molar-refractivity contribution < 1.29 is 14.4 Å². The molecule has 0 radical (unpaired) electrons. The van der Waals surface area contributed by atoms with Gasteiger partial charge >= 0.3 is 0 Å². The Morgan fingerprint density at radius 3 is 2.80 bits per heavy atom. The Labute approximate surface area is 116 Å². The van der Waals surface area contributed by atoms with Crippen molar-refractivity contribution in [1.29, 1.82) is 0 Å². The number of oxime groups is 1. The number of nitrogens with one attached hydrogen (secondary N) is 2. The van der Waals surface area contributed by atoms with E-state index in [9.17, 15) is 9.18 Å². The van der Waals surface area contributed by atoms with Gasteiger partial charge in [-0.05, 0) is 31.5 Å². The van der Waals surface area contributed by atoms with Gasteiger partial charge in [0.15, 0.2) is 5.84 Å². The fourth-order valence-corrected chi connectivity index (χ4v) is 1.68. The van der Waals surface area contributed by atoms with E-state index in [2.05, 4.69) is 15.8 Å². The van der Waals surface area contributed by atoms with Crippen molar-refractivity contribution >= 4 is 11.7 Å². The molecule has 0 aliphatic heterocycles. The Hall–Kier alpha value is -2.15. The Morgan fingerprint density at radius 2 is 2.20 bits per heavy atom. The predicted octanol–water partition coefficient (Wildman–Crippen LogP) is 0.534. The number of nitrogens with zero attached hydrogens (tertiary/aromatic N) is 1. The molecule has 0 heterocycles. The summed E-state index contributed by atoms with van der Waals surface area (Å²) in [7, 11) is 0. The molecule has 110 valence electrons. The maximum Gasteiger partial charge on any atom is 0.234 e. The van der Waals surface area contributed by atoms with Gasteiger partial charge in [-0.3, -0.25) is 4.79 Å². The zero-order valence-corrected chi connectivity index (χ0v) is 11.5. The van der Waals surface area contributed by atoms with Gasteiger partial charge in [-0.15, -0.1) is 0 Å². The minimum atomic E-state index is -0.479. The zero-order valence-electron chi connectivity index (χ0n) is 11.5. The summed E-state index contributed by atoms with van der Waals surface area (Å²) < 4.78 is 13.2. The topological polar surface area (TPSA) is 99.7 Å². The number of rotatable bonds is 6. The van der Waals surface area contributed by atoms with E-state index in [-0.39, 0.29) is 24.3 Å². The summed E-state index contributed by atoms with van der Waals surface area (Å²) >= 11 is 0. The highest BCUT2D eigenvalue weighted by Gasteiger charge is 2.09. The molecule has 0 aliphatic carbocycles. The Morgan fingerprint density at radius 1 is 1.50 bits per heavy atom. The van der Waals surface area contributed by atoms with Crippen LogP contribution in [0.4, 0.5) is 4.39 Å². The maximum atomic E-state index is 13.2. The standard InChI is InChI=1S/C13H19FN4O2/c1-8(2)17-12(19)7-16-6-9-3-4-10(14)5-11(9)13(15)18-20/h3-5,8,16,20H,6-7H2,1-2H3,(H2,15,18)(H,17,19). The van der Waals surface area contributed by atoms with Gasteiger partial charge in [-0.2, -0.15) is 0 Å². The summed E-state index contributed by atoms with van der Waals surface area (Å²) in [5.41, 5.74) is 6.42. The van der Waals surface area contributed by atoms with Crippen LogP contribution in [-0.4, -0.2) is 29.5 Å². The number of carbonyl (C=O) groups excluding carboxylic acids is 1. The summed E-state index contributed by atoms with van der Waals surface area (Å²) in [5, 5.41) is 17.2. The average molecular weight is 282 g/mol. The normalized spacial score (nSPS) is 11.7. The highest BCUT2D eigenvalue weighted by Crippen LogP contribution is 2.11. The molecule has 1 aromatic rings. The van der Waals surface area contributed by atoms with E-state index in [1.54, 1.807) is 0 Å². The summed E-state index contributed by atoms with van der Waals surface area (Å²) in [6, 6.07) is 4.05. The Balaban J connectivity index is 2.66. The van der Waals surface area contributed by atoms with Crippen LogP contribution in [-0.2, 0) is 11.3 Å². The number of amidine groups is 1. The van der Waals surface area contributed by atoms with E-state index in [0.29, 0.717) is 17.7 Å². The van der Waals surface area contributed by atoms with Crippen LogP contribution in [0.15, 0.2) is 23.4 Å². The van der Waals surface area contributed by atoms with Crippen LogP contribution in [0.5, 0.6) is 0 Å². The second-order valence-corrected chi connectivity index (χ2v) is 4.61. The summed E-state index contributed by atoms with van der Waals surface area (Å²) in [4.78, 5) is 11.5. The molecule has 0 saturated carbocycles. The van der Waals surface area contributed by atoms with Crippen LogP contribution < -0.4 is 16.4 Å². The largest absolute Gasteiger partial charge is 0.409 e. The van der Waals surface area contributed by atoms with Crippen LogP contribution in [0.1, 0.15) is 25.0 Å². The smallest absolute Gasteiger partial charge is 0.234 e. The zero-order chi connectivity index (χ0) is 15.1. The molecule has 0 saturated heterocycles. The third kappa shape index (κ3) is 4.85. The van der Waals surface area contributed by atoms with Crippen molar-refractivity contribution in [3.63, 3.8) is 0 Å². The summed E-state index contributed by atoms with van der Waals surface area (Å²) in [5.74, 6) is -0.784. The van der Waals surface area contributed by atoms with Gasteiger partial charge < -0.3 is 21.6 Å². The number of hydrogen-bond donors (Lipinski definition) is 4. The van der Waals surface area contributed by atoms with Crippen molar-refractivity contribution in [2.45, 2.75) is 26.4 Å². The quantitative estimate of drug-likeness (QED) is 0.265. The van der Waals surface area contributed by atoms with Crippen LogP contribution in [0.25, 0.3) is 0 Å². The maximum absolute atomic E-state index is 13.2. The second-order valence-electron chi connectivity index (χ2n) is 4.61. The van der Waals surface area contributed by atoms with Crippen molar-refractivity contribution in [1.82, 2.24) is 10.6 Å². The molecule has 0 fully saturated rings. The van der Waals surface area contributed by atoms with Crippen LogP contribution in [0.3, 0.4) is 0 Å². The fourth-order valence-electron chi connectivity index (χ4n) is 1.68. The molecule has 0 unspecified atom stereocenters. The van der Waals surface area contributed by atoms with Crippen LogP contribution in [0, 0.1) is 5.82 Å². The lowest BCUT2D eigenvalue weighted by Crippen LogP contribution is -2.37. The number of hydrogen-bond acceptors (Lipinski definition) is 4. The van der Waals surface area contributed by atoms with Crippen LogP contribution >= 0.6 is 0 Å². The van der Waals surface area contributed by atoms with Gasteiger partial charge in [0.1, 0.15) is 5.82 Å². The van der Waals surface area contributed by atoms with E-state index in [0.717, 1.165) is 0 Å². The molecule has 1 aromatic carbocycles. The summed E-state index contributed by atoms with van der Waals surface area (Å²) in [6.07, 6.45) is 0. The molecule has 5 N–H and O–H groups in total. The molecule has 7 heteroatoms. The van der Waals surface area contributed by atoms with Gasteiger partial charge in [0, 0.05) is 18.2 Å². The first kappa shape index (κ1) is 15.9. The molecule has 0 spiro atoms. The van der Waals surface area contributed by atoms with E-state index in [1.807, 2.05) is 13.8 Å². The molecule has 6 nitrogen and oxygen atoms in total. The van der Waals surface area contributed by atoms with Crippen LogP contribution in [0.2, 0.25) is 0 Å². The SMILES string of the molecule is CC(C)NC(=O)CNCc1ccc(F)cc1C(N)=NO. The molecule has 0 bridgehead atoms. The lowest BCUT2D eigenvalue weighted by Gasteiger charge is -2.11. The van der Waals surface area contributed by atoms with E-state index >= 15 is 0 Å². The first-order valence-electron chi connectivity index (χ1n) is 6.20. The highest BCUT2D eigenvalue weighted by atomic mass is 19.1. The first-order chi connectivity index (χ1) is 9.43. The molecule has 0 aliphatic rings. The second kappa shape index (κ2) is 7.44. The summed E-state index contributed by atoms with van der Waals surface area (Å²) in [6.45, 7) is 4.17. The Kier molecular flexibility index (Phi) is 5.92. The number of halogens is 1. The van der Waals surface area contributed by atoms with Crippen molar-refractivity contribution in [2.75, 3.05) is 6.54 Å². The molecular weight excluding hydrogens is 263 g/mol. The molecule has 1 amide bonds. The number of nitrogens with two attached hydrogens (primary N) is 1. The fraction of sp³-hybridized carbons (Fsp3) is 0.385. The molecule has 1 rings (SSSR count). The monoisotopic (exact) mass is 282 g/mol. The number of carbonyl (C=O) groups is 1. The van der Waals surface area contributed by atoms with Gasteiger partial charge in [-0.1, -0.05) is 11.2 Å². The Bertz CT molecular complexity index is 503. The molecule has 20 heavy (non-hydrogen) atoms. The van der Waals surface area contributed by atoms with Gasteiger partial charge in [-0.25, -0.2) is 4.39 Å². The number of amides is 1. The average Bonchev–Trinajstić information content (AvgIpc) is 2.38. The minimum Gasteiger partial charge on any atom is -0.409 e. The van der Waals surface area contributed by atoms with E-state index in [1.165, 1.54) is 18.2 Å². The highest BCUT2D eigenvalue weighted by molar-refractivity contribution is 5.98. The number of benzene rings is 1.